The summed E-state index contributed by atoms with van der Waals surface area (Å²) in [5.41, 5.74) is 1.24. The topological polar surface area (TPSA) is 54.3 Å². The number of carbonyl (C=O) groups is 1. The van der Waals surface area contributed by atoms with Gasteiger partial charge in [0.1, 0.15) is 5.76 Å². The van der Waals surface area contributed by atoms with Crippen molar-refractivity contribution >= 4 is 5.91 Å². The first kappa shape index (κ1) is 14.3. The van der Waals surface area contributed by atoms with Crippen LogP contribution >= 0.6 is 0 Å². The van der Waals surface area contributed by atoms with Crippen LogP contribution in [0.1, 0.15) is 17.7 Å². The van der Waals surface area contributed by atoms with Gasteiger partial charge in [0.2, 0.25) is 5.91 Å². The lowest BCUT2D eigenvalue weighted by Crippen LogP contribution is -2.29. The summed E-state index contributed by atoms with van der Waals surface area (Å²) < 4.78 is 5.19. The molecule has 0 saturated heterocycles. The molecule has 20 heavy (non-hydrogen) atoms. The third kappa shape index (κ3) is 5.28. The van der Waals surface area contributed by atoms with Gasteiger partial charge in [0.15, 0.2) is 0 Å². The van der Waals surface area contributed by atoms with E-state index in [1.54, 1.807) is 6.26 Å². The van der Waals surface area contributed by atoms with Gasteiger partial charge in [0.25, 0.3) is 0 Å². The van der Waals surface area contributed by atoms with E-state index in [4.69, 9.17) is 4.42 Å². The first-order valence-electron chi connectivity index (χ1n) is 6.88. The highest BCUT2D eigenvalue weighted by atomic mass is 16.3. The fourth-order valence-electron chi connectivity index (χ4n) is 1.91. The molecule has 1 aromatic carbocycles. The van der Waals surface area contributed by atoms with Gasteiger partial charge in [0.05, 0.1) is 12.8 Å². The van der Waals surface area contributed by atoms with Gasteiger partial charge in [-0.2, -0.15) is 0 Å². The number of carbonyl (C=O) groups excluding carboxylic acids is 1. The maximum absolute atomic E-state index is 11.6. The zero-order valence-electron chi connectivity index (χ0n) is 11.5. The van der Waals surface area contributed by atoms with E-state index in [2.05, 4.69) is 22.8 Å². The first-order valence-corrected chi connectivity index (χ1v) is 6.88. The van der Waals surface area contributed by atoms with Crippen molar-refractivity contribution in [1.82, 2.24) is 10.6 Å². The summed E-state index contributed by atoms with van der Waals surface area (Å²) in [6.45, 7) is 1.99. The second-order valence-electron chi connectivity index (χ2n) is 4.59. The van der Waals surface area contributed by atoms with Crippen molar-refractivity contribution in [3.63, 3.8) is 0 Å². The van der Waals surface area contributed by atoms with E-state index in [0.29, 0.717) is 26.1 Å². The Kier molecular flexibility index (Phi) is 5.86. The van der Waals surface area contributed by atoms with Crippen LogP contribution in [0.5, 0.6) is 0 Å². The number of benzene rings is 1. The SMILES string of the molecule is O=C(CCNCc1ccco1)NCCc1ccccc1. The van der Waals surface area contributed by atoms with Gasteiger partial charge in [-0.15, -0.1) is 0 Å². The van der Waals surface area contributed by atoms with Crippen molar-refractivity contribution in [2.24, 2.45) is 0 Å². The normalized spacial score (nSPS) is 10.4. The molecule has 0 aliphatic carbocycles. The standard InChI is InChI=1S/C16H20N2O2/c19-16(9-10-17-13-15-7-4-12-20-15)18-11-8-14-5-2-1-3-6-14/h1-7,12,17H,8-11,13H2,(H,18,19). The molecular weight excluding hydrogens is 252 g/mol. The molecular formula is C16H20N2O2. The van der Waals surface area contributed by atoms with Crippen LogP contribution in [0, 0.1) is 0 Å². The molecule has 0 unspecified atom stereocenters. The Morgan fingerprint density at radius 1 is 1.05 bits per heavy atom. The largest absolute Gasteiger partial charge is 0.468 e. The van der Waals surface area contributed by atoms with Crippen molar-refractivity contribution in [2.45, 2.75) is 19.4 Å². The second-order valence-corrected chi connectivity index (χ2v) is 4.59. The molecule has 0 saturated carbocycles. The lowest BCUT2D eigenvalue weighted by molar-refractivity contribution is -0.120. The molecule has 4 nitrogen and oxygen atoms in total. The Hall–Kier alpha value is -2.07. The van der Waals surface area contributed by atoms with Crippen LogP contribution in [-0.4, -0.2) is 19.0 Å². The number of hydrogen-bond donors (Lipinski definition) is 2. The number of furan rings is 1. The highest BCUT2D eigenvalue weighted by molar-refractivity contribution is 5.76. The molecule has 0 spiro atoms. The first-order chi connectivity index (χ1) is 9.84. The van der Waals surface area contributed by atoms with Crippen molar-refractivity contribution in [3.05, 3.63) is 60.1 Å². The summed E-state index contributed by atoms with van der Waals surface area (Å²) >= 11 is 0. The maximum Gasteiger partial charge on any atom is 0.221 e. The molecule has 2 N–H and O–H groups in total. The van der Waals surface area contributed by atoms with Crippen molar-refractivity contribution in [3.8, 4) is 0 Å². The molecule has 0 radical (unpaired) electrons. The van der Waals surface area contributed by atoms with Crippen LogP contribution in [0.25, 0.3) is 0 Å². The smallest absolute Gasteiger partial charge is 0.221 e. The van der Waals surface area contributed by atoms with Crippen LogP contribution in [0.4, 0.5) is 0 Å². The predicted molar refractivity (Wildman–Crippen MR) is 78.2 cm³/mol. The van der Waals surface area contributed by atoms with Crippen LogP contribution in [0.2, 0.25) is 0 Å². The third-order valence-corrected chi connectivity index (χ3v) is 2.99. The zero-order chi connectivity index (χ0) is 14.0. The molecule has 0 aliphatic rings. The van der Waals surface area contributed by atoms with Gasteiger partial charge >= 0.3 is 0 Å². The molecule has 2 aromatic rings. The average molecular weight is 272 g/mol. The molecule has 0 aliphatic heterocycles. The van der Waals surface area contributed by atoms with Crippen LogP contribution in [0.3, 0.4) is 0 Å². The summed E-state index contributed by atoms with van der Waals surface area (Å²) in [6.07, 6.45) is 3.00. The minimum Gasteiger partial charge on any atom is -0.468 e. The Morgan fingerprint density at radius 3 is 2.65 bits per heavy atom. The van der Waals surface area contributed by atoms with Gasteiger partial charge in [0, 0.05) is 19.5 Å². The van der Waals surface area contributed by atoms with Crippen LogP contribution in [0.15, 0.2) is 53.1 Å². The molecule has 1 heterocycles. The monoisotopic (exact) mass is 272 g/mol. The van der Waals surface area contributed by atoms with Crippen molar-refractivity contribution in [2.75, 3.05) is 13.1 Å². The number of rotatable bonds is 8. The average Bonchev–Trinajstić information content (AvgIpc) is 2.98. The van der Waals surface area contributed by atoms with Gasteiger partial charge in [-0.3, -0.25) is 4.79 Å². The quantitative estimate of drug-likeness (QED) is 0.724. The van der Waals surface area contributed by atoms with Gasteiger partial charge < -0.3 is 15.1 Å². The molecule has 4 heteroatoms. The molecule has 106 valence electrons. The van der Waals surface area contributed by atoms with E-state index in [-0.39, 0.29) is 5.91 Å². The predicted octanol–water partition coefficient (Wildman–Crippen LogP) is 2.12. The lowest BCUT2D eigenvalue weighted by atomic mass is 10.1. The summed E-state index contributed by atoms with van der Waals surface area (Å²) in [4.78, 5) is 11.6. The Labute approximate surface area is 119 Å². The summed E-state index contributed by atoms with van der Waals surface area (Å²) in [5, 5.41) is 6.09. The van der Waals surface area contributed by atoms with E-state index < -0.39 is 0 Å². The Balaban J connectivity index is 1.52. The maximum atomic E-state index is 11.6. The van der Waals surface area contributed by atoms with E-state index in [1.165, 1.54) is 5.56 Å². The molecule has 1 aromatic heterocycles. The van der Waals surface area contributed by atoms with Gasteiger partial charge in [-0.25, -0.2) is 0 Å². The summed E-state index contributed by atoms with van der Waals surface area (Å²) in [5.74, 6) is 0.961. The van der Waals surface area contributed by atoms with E-state index >= 15 is 0 Å². The minimum atomic E-state index is 0.0767. The van der Waals surface area contributed by atoms with Crippen LogP contribution in [-0.2, 0) is 17.8 Å². The van der Waals surface area contributed by atoms with Gasteiger partial charge in [-0.1, -0.05) is 30.3 Å². The summed E-state index contributed by atoms with van der Waals surface area (Å²) in [7, 11) is 0. The highest BCUT2D eigenvalue weighted by Crippen LogP contribution is 1.99. The summed E-state index contributed by atoms with van der Waals surface area (Å²) in [6, 6.07) is 13.9. The van der Waals surface area contributed by atoms with E-state index in [9.17, 15) is 4.79 Å². The second kappa shape index (κ2) is 8.17. The molecule has 0 atom stereocenters. The Morgan fingerprint density at radius 2 is 1.90 bits per heavy atom. The fourth-order valence-corrected chi connectivity index (χ4v) is 1.91. The fraction of sp³-hybridized carbons (Fsp3) is 0.312. The molecule has 2 rings (SSSR count). The molecule has 0 fully saturated rings. The van der Waals surface area contributed by atoms with E-state index in [1.807, 2.05) is 30.3 Å². The van der Waals surface area contributed by atoms with Crippen molar-refractivity contribution in [1.29, 1.82) is 0 Å². The Bertz CT molecular complexity index is 494. The lowest BCUT2D eigenvalue weighted by Gasteiger charge is -2.06. The van der Waals surface area contributed by atoms with Crippen molar-refractivity contribution < 1.29 is 9.21 Å². The zero-order valence-corrected chi connectivity index (χ0v) is 11.5. The number of hydrogen-bond acceptors (Lipinski definition) is 3. The minimum absolute atomic E-state index is 0.0767. The molecule has 1 amide bonds. The van der Waals surface area contributed by atoms with Gasteiger partial charge in [-0.05, 0) is 24.1 Å². The van der Waals surface area contributed by atoms with E-state index in [0.717, 1.165) is 12.2 Å². The number of nitrogens with one attached hydrogen (secondary N) is 2. The third-order valence-electron chi connectivity index (χ3n) is 2.99. The van der Waals surface area contributed by atoms with Crippen LogP contribution < -0.4 is 10.6 Å². The molecule has 0 bridgehead atoms. The highest BCUT2D eigenvalue weighted by Gasteiger charge is 2.01. The number of amides is 1.